The van der Waals surface area contributed by atoms with Gasteiger partial charge in [-0.05, 0) is 83.8 Å². The molecule has 1 atom stereocenters. The van der Waals surface area contributed by atoms with Crippen molar-refractivity contribution >= 4 is 29.6 Å². The summed E-state index contributed by atoms with van der Waals surface area (Å²) < 4.78 is 0. The van der Waals surface area contributed by atoms with Crippen molar-refractivity contribution in [3.63, 3.8) is 0 Å². The summed E-state index contributed by atoms with van der Waals surface area (Å²) in [5, 5.41) is 3.50. The summed E-state index contributed by atoms with van der Waals surface area (Å²) in [5.41, 5.74) is 21.7. The molecule has 0 bridgehead atoms. The molecule has 3 N–H and O–H groups in total. The summed E-state index contributed by atoms with van der Waals surface area (Å²) in [6.07, 6.45) is 6.47. The Morgan fingerprint density at radius 3 is 1.88 bits per heavy atom. The first-order chi connectivity index (χ1) is 28.5. The lowest BCUT2D eigenvalue weighted by atomic mass is 9.88. The van der Waals surface area contributed by atoms with Crippen molar-refractivity contribution in [2.24, 2.45) is 15.7 Å². The van der Waals surface area contributed by atoms with Crippen LogP contribution in [0, 0.1) is 6.92 Å². The van der Waals surface area contributed by atoms with Crippen molar-refractivity contribution in [2.45, 2.75) is 19.8 Å². The van der Waals surface area contributed by atoms with Crippen LogP contribution in [0.1, 0.15) is 46.2 Å². The van der Waals surface area contributed by atoms with E-state index in [1.165, 1.54) is 33.4 Å². The first-order valence-corrected chi connectivity index (χ1v) is 19.6. The van der Waals surface area contributed by atoms with Gasteiger partial charge in [0.25, 0.3) is 0 Å². The van der Waals surface area contributed by atoms with Gasteiger partial charge in [-0.25, -0.2) is 4.99 Å². The van der Waals surface area contributed by atoms with Crippen molar-refractivity contribution in [3.8, 4) is 22.3 Å². The third-order valence-electron chi connectivity index (χ3n) is 10.2. The van der Waals surface area contributed by atoms with E-state index in [1.54, 1.807) is 0 Å². The molecule has 284 valence electrons. The van der Waals surface area contributed by atoms with E-state index in [-0.39, 0.29) is 5.92 Å². The number of hydrogen-bond acceptors (Lipinski definition) is 3. The standard InChI is InChI=1S/C47H40N4.C7H8/c1-33-14-13-29-50-46(33)42-23-9-10-24-43(42)47(48)51-41-22-12-20-39(31-41)38-19-11-21-40(30-38)45(49-2)32-44(36-17-7-4-8-18-36)37-27-25-35(26-28-37)34-15-5-3-6-16-34;1-7-5-3-2-4-6-7/h3-28,30-32,44,50H,2,29H2,1H3,(H2,48,51);2-6H,1H3/b45-32-;. The third-order valence-corrected chi connectivity index (χ3v) is 10.2. The molecule has 0 saturated heterocycles. The molecule has 0 spiro atoms. The number of dihydropyridines is 1. The van der Waals surface area contributed by atoms with Crippen LogP contribution in [0.5, 0.6) is 0 Å². The number of hydrogen-bond donors (Lipinski definition) is 2. The molecule has 7 aromatic rings. The maximum Gasteiger partial charge on any atom is 0.132 e. The first-order valence-electron chi connectivity index (χ1n) is 19.6. The number of nitrogens with one attached hydrogen (secondary N) is 1. The SMILES string of the molecule is C=N/C(=C\C(c1ccccc1)c1ccc(-c2ccccc2)cc1)c1cccc(-c2cccc(N=C(N)c3ccccc3C3=C(C)C=CCN3)c2)c1.Cc1ccccc1. The van der Waals surface area contributed by atoms with Crippen molar-refractivity contribution in [2.75, 3.05) is 6.54 Å². The fourth-order valence-corrected chi connectivity index (χ4v) is 7.16. The fraction of sp³-hybridized carbons (Fsp3) is 0.0741. The molecule has 1 unspecified atom stereocenters. The molecule has 7 aromatic carbocycles. The average Bonchev–Trinajstić information content (AvgIpc) is 3.28. The quantitative estimate of drug-likeness (QED) is 0.108. The van der Waals surface area contributed by atoms with Crippen molar-refractivity contribution in [1.82, 2.24) is 5.32 Å². The molecule has 4 heteroatoms. The smallest absolute Gasteiger partial charge is 0.132 e. The second kappa shape index (κ2) is 19.0. The second-order valence-electron chi connectivity index (χ2n) is 14.3. The lowest BCUT2D eigenvalue weighted by molar-refractivity contribution is 0.979. The van der Waals surface area contributed by atoms with E-state index >= 15 is 0 Å². The molecule has 0 fully saturated rings. The highest BCUT2D eigenvalue weighted by atomic mass is 14.9. The average molecular weight is 753 g/mol. The highest BCUT2D eigenvalue weighted by molar-refractivity contribution is 6.03. The first kappa shape index (κ1) is 39.0. The van der Waals surface area contributed by atoms with Crippen molar-refractivity contribution in [1.29, 1.82) is 0 Å². The molecule has 1 aliphatic heterocycles. The van der Waals surface area contributed by atoms with E-state index in [9.17, 15) is 0 Å². The lowest BCUT2D eigenvalue weighted by Gasteiger charge is -2.19. The minimum atomic E-state index is -0.0110. The Hall–Kier alpha value is -7.30. The van der Waals surface area contributed by atoms with Crippen LogP contribution >= 0.6 is 0 Å². The topological polar surface area (TPSA) is 62.8 Å². The molecule has 8 rings (SSSR count). The predicted molar refractivity (Wildman–Crippen MR) is 247 cm³/mol. The van der Waals surface area contributed by atoms with E-state index in [1.807, 2.05) is 60.7 Å². The van der Waals surface area contributed by atoms with E-state index in [0.29, 0.717) is 5.84 Å². The summed E-state index contributed by atoms with van der Waals surface area (Å²) >= 11 is 0. The normalized spacial score (nSPS) is 13.2. The van der Waals surface area contributed by atoms with Gasteiger partial charge in [0.1, 0.15) is 5.84 Å². The van der Waals surface area contributed by atoms with Gasteiger partial charge < -0.3 is 11.1 Å². The zero-order valence-electron chi connectivity index (χ0n) is 33.1. The molecule has 1 aliphatic rings. The van der Waals surface area contributed by atoms with Gasteiger partial charge in [0, 0.05) is 34.9 Å². The Balaban J connectivity index is 0.000000662. The van der Waals surface area contributed by atoms with Gasteiger partial charge in [-0.3, -0.25) is 4.99 Å². The molecule has 0 amide bonds. The number of amidine groups is 1. The Kier molecular flexibility index (Phi) is 12.8. The highest BCUT2D eigenvalue weighted by Gasteiger charge is 2.16. The molecular weight excluding hydrogens is 705 g/mol. The summed E-state index contributed by atoms with van der Waals surface area (Å²) in [5.74, 6) is 0.459. The number of nitrogens with two attached hydrogens (primary N) is 1. The molecule has 58 heavy (non-hydrogen) atoms. The Labute approximate surface area is 343 Å². The van der Waals surface area contributed by atoms with Crippen LogP contribution in [0.15, 0.2) is 222 Å². The van der Waals surface area contributed by atoms with Crippen LogP contribution < -0.4 is 11.1 Å². The summed E-state index contributed by atoms with van der Waals surface area (Å²) in [4.78, 5) is 9.44. The molecule has 0 aromatic heterocycles. The number of rotatable bonds is 10. The van der Waals surface area contributed by atoms with Crippen LogP contribution in [0.25, 0.3) is 33.6 Å². The molecule has 1 heterocycles. The van der Waals surface area contributed by atoms with Gasteiger partial charge in [-0.1, -0.05) is 188 Å². The summed E-state index contributed by atoms with van der Waals surface area (Å²) in [6, 6.07) is 64.8. The van der Waals surface area contributed by atoms with E-state index in [0.717, 1.165) is 51.4 Å². The monoisotopic (exact) mass is 752 g/mol. The van der Waals surface area contributed by atoms with Crippen molar-refractivity contribution < 1.29 is 0 Å². The van der Waals surface area contributed by atoms with Crippen LogP contribution in [-0.2, 0) is 0 Å². The maximum atomic E-state index is 6.69. The number of aliphatic imine (C=N–C) groups is 2. The number of aryl methyl sites for hydroxylation is 1. The van der Waals surface area contributed by atoms with Gasteiger partial charge in [0.15, 0.2) is 0 Å². The van der Waals surface area contributed by atoms with E-state index in [2.05, 4.69) is 176 Å². The minimum Gasteiger partial charge on any atom is -0.383 e. The molecule has 4 nitrogen and oxygen atoms in total. The third kappa shape index (κ3) is 9.73. The minimum absolute atomic E-state index is 0.0110. The Bertz CT molecular complexity index is 2580. The Morgan fingerprint density at radius 1 is 0.621 bits per heavy atom. The van der Waals surface area contributed by atoms with Crippen molar-refractivity contribution in [3.05, 3.63) is 245 Å². The van der Waals surface area contributed by atoms with Gasteiger partial charge in [0.05, 0.1) is 11.4 Å². The van der Waals surface area contributed by atoms with Gasteiger partial charge >= 0.3 is 0 Å². The molecular formula is C54H48N4. The fourth-order valence-electron chi connectivity index (χ4n) is 7.16. The largest absolute Gasteiger partial charge is 0.383 e. The predicted octanol–water partition coefficient (Wildman–Crippen LogP) is 12.8. The second-order valence-corrected chi connectivity index (χ2v) is 14.3. The Morgan fingerprint density at radius 2 is 1.21 bits per heavy atom. The highest BCUT2D eigenvalue weighted by Crippen LogP contribution is 2.34. The van der Waals surface area contributed by atoms with Gasteiger partial charge in [-0.15, -0.1) is 0 Å². The lowest BCUT2D eigenvalue weighted by Crippen LogP contribution is -2.21. The van der Waals surface area contributed by atoms with Gasteiger partial charge in [0.2, 0.25) is 0 Å². The molecule has 0 saturated carbocycles. The van der Waals surface area contributed by atoms with Gasteiger partial charge in [-0.2, -0.15) is 0 Å². The summed E-state index contributed by atoms with van der Waals surface area (Å²) in [7, 11) is 0. The van der Waals surface area contributed by atoms with Crippen LogP contribution in [-0.4, -0.2) is 19.1 Å². The molecule has 0 radical (unpaired) electrons. The van der Waals surface area contributed by atoms with E-state index in [4.69, 9.17) is 10.7 Å². The number of benzene rings is 7. The van der Waals surface area contributed by atoms with Crippen LogP contribution in [0.4, 0.5) is 5.69 Å². The zero-order valence-corrected chi connectivity index (χ0v) is 33.1. The number of nitrogens with zero attached hydrogens (tertiary/aromatic N) is 2. The zero-order chi connectivity index (χ0) is 40.1. The maximum absolute atomic E-state index is 6.69. The summed E-state index contributed by atoms with van der Waals surface area (Å²) in [6.45, 7) is 8.97. The number of allylic oxidation sites excluding steroid dienone is 3. The van der Waals surface area contributed by atoms with E-state index < -0.39 is 0 Å². The van der Waals surface area contributed by atoms with Crippen LogP contribution in [0.3, 0.4) is 0 Å². The van der Waals surface area contributed by atoms with Crippen LogP contribution in [0.2, 0.25) is 0 Å². The molecule has 0 aliphatic carbocycles.